The Hall–Kier alpha value is -0.610. The number of rotatable bonds is 5. The minimum atomic E-state index is -0.198. The van der Waals surface area contributed by atoms with Crippen LogP contribution < -0.4 is 11.5 Å². The van der Waals surface area contributed by atoms with E-state index in [0.717, 1.165) is 0 Å². The average Bonchev–Trinajstić information content (AvgIpc) is 2.01. The highest BCUT2D eigenvalue weighted by molar-refractivity contribution is 5.69. The summed E-state index contributed by atoms with van der Waals surface area (Å²) in [5.41, 5.74) is 10.7. The Labute approximate surface area is 66.9 Å². The molecule has 0 amide bonds. The fourth-order valence-corrected chi connectivity index (χ4v) is 0.654. The van der Waals surface area contributed by atoms with Crippen LogP contribution in [0.3, 0.4) is 0 Å². The summed E-state index contributed by atoms with van der Waals surface area (Å²) < 4.78 is 4.70. The molecule has 0 saturated heterocycles. The van der Waals surface area contributed by atoms with Crippen molar-refractivity contribution >= 4 is 5.97 Å². The molecule has 0 bridgehead atoms. The van der Waals surface area contributed by atoms with Gasteiger partial charge in [-0.3, -0.25) is 4.79 Å². The Kier molecular flexibility index (Phi) is 5.78. The molecule has 4 N–H and O–H groups in total. The second-order valence-corrected chi connectivity index (χ2v) is 2.34. The van der Waals surface area contributed by atoms with Crippen LogP contribution in [-0.4, -0.2) is 25.2 Å². The van der Waals surface area contributed by atoms with Gasteiger partial charge >= 0.3 is 5.97 Å². The van der Waals surface area contributed by atoms with E-state index < -0.39 is 0 Å². The predicted octanol–water partition coefficient (Wildman–Crippen LogP) is -0.384. The lowest BCUT2D eigenvalue weighted by molar-refractivity contribution is -0.143. The van der Waals surface area contributed by atoms with Crippen LogP contribution in [0, 0.1) is 0 Å². The van der Waals surface area contributed by atoms with Gasteiger partial charge in [0.05, 0.1) is 6.61 Å². The van der Waals surface area contributed by atoms with Gasteiger partial charge < -0.3 is 16.2 Å². The van der Waals surface area contributed by atoms with E-state index in [1.807, 2.05) is 0 Å². The molecule has 0 heterocycles. The van der Waals surface area contributed by atoms with Gasteiger partial charge in [0, 0.05) is 19.0 Å². The van der Waals surface area contributed by atoms with E-state index in [1.54, 1.807) is 6.92 Å². The van der Waals surface area contributed by atoms with Crippen molar-refractivity contribution in [3.8, 4) is 0 Å². The Morgan fingerprint density at radius 3 is 2.73 bits per heavy atom. The quantitative estimate of drug-likeness (QED) is 0.537. The number of carbonyl (C=O) groups excluding carboxylic acids is 1. The molecule has 1 unspecified atom stereocenters. The van der Waals surface area contributed by atoms with E-state index in [-0.39, 0.29) is 12.0 Å². The van der Waals surface area contributed by atoms with Gasteiger partial charge in [0.1, 0.15) is 0 Å². The van der Waals surface area contributed by atoms with Gasteiger partial charge in [-0.2, -0.15) is 0 Å². The summed E-state index contributed by atoms with van der Waals surface area (Å²) in [4.78, 5) is 10.7. The maximum absolute atomic E-state index is 10.7. The monoisotopic (exact) mass is 160 g/mol. The standard InChI is InChI=1S/C7H16N2O2/c1-2-11-7(10)4-3-6(9)5-8/h6H,2-5,8-9H2,1H3. The molecular weight excluding hydrogens is 144 g/mol. The Balaban J connectivity index is 3.30. The maximum Gasteiger partial charge on any atom is 0.305 e. The molecule has 0 saturated carbocycles. The number of hydrogen-bond acceptors (Lipinski definition) is 4. The predicted molar refractivity (Wildman–Crippen MR) is 42.9 cm³/mol. The Bertz CT molecular complexity index is 117. The number of carbonyl (C=O) groups is 1. The highest BCUT2D eigenvalue weighted by atomic mass is 16.5. The fraction of sp³-hybridized carbons (Fsp3) is 0.857. The van der Waals surface area contributed by atoms with Crippen molar-refractivity contribution in [3.63, 3.8) is 0 Å². The van der Waals surface area contributed by atoms with E-state index in [0.29, 0.717) is 26.0 Å². The number of hydrogen-bond donors (Lipinski definition) is 2. The van der Waals surface area contributed by atoms with Crippen molar-refractivity contribution in [3.05, 3.63) is 0 Å². The molecule has 4 nitrogen and oxygen atoms in total. The summed E-state index contributed by atoms with van der Waals surface area (Å²) in [6.45, 7) is 2.62. The normalized spacial score (nSPS) is 12.6. The third-order valence-electron chi connectivity index (χ3n) is 1.33. The van der Waals surface area contributed by atoms with E-state index in [1.165, 1.54) is 0 Å². The van der Waals surface area contributed by atoms with E-state index in [2.05, 4.69) is 0 Å². The summed E-state index contributed by atoms with van der Waals surface area (Å²) in [5.74, 6) is -0.198. The average molecular weight is 160 g/mol. The molecule has 0 aliphatic heterocycles. The third-order valence-corrected chi connectivity index (χ3v) is 1.33. The van der Waals surface area contributed by atoms with Crippen LogP contribution in [0.4, 0.5) is 0 Å². The van der Waals surface area contributed by atoms with Crippen molar-refractivity contribution in [1.29, 1.82) is 0 Å². The van der Waals surface area contributed by atoms with Crippen molar-refractivity contribution in [2.24, 2.45) is 11.5 Å². The van der Waals surface area contributed by atoms with Crippen LogP contribution in [0.5, 0.6) is 0 Å². The second-order valence-electron chi connectivity index (χ2n) is 2.34. The molecule has 0 fully saturated rings. The van der Waals surface area contributed by atoms with Gasteiger partial charge in [0.2, 0.25) is 0 Å². The van der Waals surface area contributed by atoms with Crippen molar-refractivity contribution in [2.45, 2.75) is 25.8 Å². The molecule has 0 aliphatic carbocycles. The molecule has 66 valence electrons. The summed E-state index contributed by atoms with van der Waals surface area (Å²) in [6.07, 6.45) is 0.974. The summed E-state index contributed by atoms with van der Waals surface area (Å²) in [7, 11) is 0. The van der Waals surface area contributed by atoms with Gasteiger partial charge in [-0.15, -0.1) is 0 Å². The lowest BCUT2D eigenvalue weighted by Crippen LogP contribution is -2.30. The van der Waals surface area contributed by atoms with Crippen LogP contribution in [-0.2, 0) is 9.53 Å². The third kappa shape index (κ3) is 5.82. The van der Waals surface area contributed by atoms with Crippen LogP contribution in [0.15, 0.2) is 0 Å². The molecule has 4 heteroatoms. The minimum Gasteiger partial charge on any atom is -0.466 e. The van der Waals surface area contributed by atoms with E-state index >= 15 is 0 Å². The molecule has 1 atom stereocenters. The first-order valence-electron chi connectivity index (χ1n) is 3.82. The van der Waals surface area contributed by atoms with Crippen LogP contribution in [0.2, 0.25) is 0 Å². The second kappa shape index (κ2) is 6.12. The highest BCUT2D eigenvalue weighted by Crippen LogP contribution is 1.95. The summed E-state index contributed by atoms with van der Waals surface area (Å²) in [6, 6.07) is -0.0839. The molecule has 0 aromatic heterocycles. The summed E-state index contributed by atoms with van der Waals surface area (Å²) >= 11 is 0. The fourth-order valence-electron chi connectivity index (χ4n) is 0.654. The Morgan fingerprint density at radius 1 is 1.64 bits per heavy atom. The lowest BCUT2D eigenvalue weighted by atomic mass is 10.2. The number of nitrogens with two attached hydrogens (primary N) is 2. The first kappa shape index (κ1) is 10.4. The molecular formula is C7H16N2O2. The van der Waals surface area contributed by atoms with Crippen LogP contribution in [0.25, 0.3) is 0 Å². The zero-order valence-corrected chi connectivity index (χ0v) is 6.88. The number of esters is 1. The van der Waals surface area contributed by atoms with Gasteiger partial charge in [0.25, 0.3) is 0 Å². The van der Waals surface area contributed by atoms with Crippen molar-refractivity contribution < 1.29 is 9.53 Å². The summed E-state index contributed by atoms with van der Waals surface area (Å²) in [5, 5.41) is 0. The van der Waals surface area contributed by atoms with Gasteiger partial charge in [-0.25, -0.2) is 0 Å². The smallest absolute Gasteiger partial charge is 0.305 e. The zero-order valence-electron chi connectivity index (χ0n) is 6.88. The largest absolute Gasteiger partial charge is 0.466 e. The zero-order chi connectivity index (χ0) is 8.69. The number of ether oxygens (including phenoxy) is 1. The molecule has 0 aliphatic rings. The van der Waals surface area contributed by atoms with Crippen LogP contribution >= 0.6 is 0 Å². The van der Waals surface area contributed by atoms with Crippen molar-refractivity contribution in [1.82, 2.24) is 0 Å². The molecule has 0 aromatic rings. The molecule has 0 rings (SSSR count). The molecule has 0 radical (unpaired) electrons. The lowest BCUT2D eigenvalue weighted by Gasteiger charge is -2.06. The first-order chi connectivity index (χ1) is 5.20. The maximum atomic E-state index is 10.7. The van der Waals surface area contributed by atoms with Gasteiger partial charge in [-0.05, 0) is 13.3 Å². The molecule has 0 spiro atoms. The minimum absolute atomic E-state index is 0.0839. The van der Waals surface area contributed by atoms with Crippen molar-refractivity contribution in [2.75, 3.05) is 13.2 Å². The van der Waals surface area contributed by atoms with E-state index in [4.69, 9.17) is 16.2 Å². The van der Waals surface area contributed by atoms with E-state index in [9.17, 15) is 4.79 Å². The van der Waals surface area contributed by atoms with Crippen LogP contribution in [0.1, 0.15) is 19.8 Å². The SMILES string of the molecule is CCOC(=O)CCC(N)CN. The topological polar surface area (TPSA) is 78.3 Å². The molecule has 11 heavy (non-hydrogen) atoms. The van der Waals surface area contributed by atoms with Gasteiger partial charge in [-0.1, -0.05) is 0 Å². The highest BCUT2D eigenvalue weighted by Gasteiger charge is 2.04. The Morgan fingerprint density at radius 2 is 2.27 bits per heavy atom. The van der Waals surface area contributed by atoms with Gasteiger partial charge in [0.15, 0.2) is 0 Å². The first-order valence-corrected chi connectivity index (χ1v) is 3.82. The molecule has 0 aromatic carbocycles.